The van der Waals surface area contributed by atoms with Gasteiger partial charge in [0.2, 0.25) is 11.6 Å². The van der Waals surface area contributed by atoms with Gasteiger partial charge in [-0.25, -0.2) is 0 Å². The second-order valence-corrected chi connectivity index (χ2v) is 4.92. The molecule has 0 N–H and O–H groups in total. The minimum atomic E-state index is -0.505. The van der Waals surface area contributed by atoms with Crippen molar-refractivity contribution in [3.05, 3.63) is 71.8 Å². The Morgan fingerprint density at radius 3 is 2.05 bits per heavy atom. The van der Waals surface area contributed by atoms with Crippen molar-refractivity contribution in [2.24, 2.45) is 0 Å². The van der Waals surface area contributed by atoms with Gasteiger partial charge in [-0.1, -0.05) is 54.6 Å². The molecule has 3 heteroatoms. The maximum Gasteiger partial charge on any atom is 0.237 e. The Balaban J connectivity index is 1.97. The van der Waals surface area contributed by atoms with Crippen molar-refractivity contribution in [2.45, 2.75) is 0 Å². The Labute approximate surface area is 120 Å². The SMILES string of the molecule is O=C1C(=O)c2cc(-c3ccccc3)oc2-c2ccccc21. The van der Waals surface area contributed by atoms with Crippen LogP contribution in [0.25, 0.3) is 22.6 Å². The van der Waals surface area contributed by atoms with Crippen LogP contribution in [-0.4, -0.2) is 11.6 Å². The van der Waals surface area contributed by atoms with Crippen LogP contribution in [0.15, 0.2) is 65.1 Å². The fourth-order valence-corrected chi connectivity index (χ4v) is 2.63. The molecule has 0 aliphatic heterocycles. The van der Waals surface area contributed by atoms with E-state index in [1.807, 2.05) is 36.4 Å². The molecule has 1 aliphatic carbocycles. The predicted octanol–water partition coefficient (Wildman–Crippen LogP) is 3.99. The maximum atomic E-state index is 12.2. The normalized spacial score (nSPS) is 13.0. The molecule has 0 spiro atoms. The average molecular weight is 274 g/mol. The van der Waals surface area contributed by atoms with E-state index in [1.165, 1.54) is 0 Å². The zero-order chi connectivity index (χ0) is 14.4. The van der Waals surface area contributed by atoms with Crippen molar-refractivity contribution in [2.75, 3.05) is 0 Å². The molecule has 3 aromatic rings. The first-order valence-electron chi connectivity index (χ1n) is 6.63. The van der Waals surface area contributed by atoms with Crippen LogP contribution in [0, 0.1) is 0 Å². The molecular weight excluding hydrogens is 264 g/mol. The second-order valence-electron chi connectivity index (χ2n) is 4.92. The second kappa shape index (κ2) is 4.28. The number of Topliss-reactive ketones (excluding diaryl/α,β-unsaturated/α-hetero) is 2. The molecular formula is C18H10O3. The van der Waals surface area contributed by atoms with E-state index in [4.69, 9.17) is 4.42 Å². The number of carbonyl (C=O) groups is 2. The van der Waals surface area contributed by atoms with E-state index in [0.29, 0.717) is 28.2 Å². The highest BCUT2D eigenvalue weighted by Crippen LogP contribution is 2.38. The molecule has 0 bridgehead atoms. The first-order valence-corrected chi connectivity index (χ1v) is 6.63. The predicted molar refractivity (Wildman–Crippen MR) is 78.2 cm³/mol. The molecule has 2 aromatic carbocycles. The summed E-state index contributed by atoms with van der Waals surface area (Å²) in [4.78, 5) is 24.3. The molecule has 100 valence electrons. The van der Waals surface area contributed by atoms with Crippen molar-refractivity contribution in [3.63, 3.8) is 0 Å². The van der Waals surface area contributed by atoms with E-state index >= 15 is 0 Å². The summed E-state index contributed by atoms with van der Waals surface area (Å²) in [5.74, 6) is 0.0978. The number of fused-ring (bicyclic) bond motifs is 3. The van der Waals surface area contributed by atoms with Gasteiger partial charge in [0.05, 0.1) is 5.56 Å². The molecule has 0 radical (unpaired) electrons. The highest BCUT2D eigenvalue weighted by atomic mass is 16.3. The number of rotatable bonds is 1. The monoisotopic (exact) mass is 274 g/mol. The highest BCUT2D eigenvalue weighted by Gasteiger charge is 2.33. The topological polar surface area (TPSA) is 47.3 Å². The van der Waals surface area contributed by atoms with Gasteiger partial charge >= 0.3 is 0 Å². The van der Waals surface area contributed by atoms with Gasteiger partial charge in [0.25, 0.3) is 0 Å². The lowest BCUT2D eigenvalue weighted by atomic mass is 9.89. The minimum absolute atomic E-state index is 0.345. The Kier molecular flexibility index (Phi) is 2.42. The van der Waals surface area contributed by atoms with Crippen molar-refractivity contribution in [1.29, 1.82) is 0 Å². The summed E-state index contributed by atoms with van der Waals surface area (Å²) in [5, 5.41) is 0. The summed E-state index contributed by atoms with van der Waals surface area (Å²) in [6.45, 7) is 0. The Morgan fingerprint density at radius 2 is 1.29 bits per heavy atom. The van der Waals surface area contributed by atoms with Gasteiger partial charge in [-0.05, 0) is 6.07 Å². The fourth-order valence-electron chi connectivity index (χ4n) is 2.63. The summed E-state index contributed by atoms with van der Waals surface area (Å²) in [7, 11) is 0. The fraction of sp³-hybridized carbons (Fsp3) is 0. The molecule has 0 amide bonds. The molecule has 1 aliphatic rings. The molecule has 0 saturated heterocycles. The summed E-state index contributed by atoms with van der Waals surface area (Å²) >= 11 is 0. The molecule has 3 nitrogen and oxygen atoms in total. The van der Waals surface area contributed by atoms with Crippen LogP contribution in [0.4, 0.5) is 0 Å². The number of ketones is 2. The quantitative estimate of drug-likeness (QED) is 0.630. The van der Waals surface area contributed by atoms with Gasteiger partial charge in [0, 0.05) is 16.7 Å². The van der Waals surface area contributed by atoms with Crippen LogP contribution in [-0.2, 0) is 0 Å². The van der Waals surface area contributed by atoms with Crippen molar-refractivity contribution < 1.29 is 14.0 Å². The zero-order valence-electron chi connectivity index (χ0n) is 11.0. The molecule has 0 atom stereocenters. The summed E-state index contributed by atoms with van der Waals surface area (Å²) < 4.78 is 5.86. The molecule has 0 unspecified atom stereocenters. The van der Waals surface area contributed by atoms with Crippen LogP contribution >= 0.6 is 0 Å². The Hall–Kier alpha value is -2.94. The zero-order valence-corrected chi connectivity index (χ0v) is 11.0. The number of hydrogen-bond donors (Lipinski definition) is 0. The van der Waals surface area contributed by atoms with Crippen LogP contribution in [0.2, 0.25) is 0 Å². The van der Waals surface area contributed by atoms with Crippen LogP contribution < -0.4 is 0 Å². The van der Waals surface area contributed by atoms with E-state index < -0.39 is 11.6 Å². The Morgan fingerprint density at radius 1 is 0.667 bits per heavy atom. The van der Waals surface area contributed by atoms with Gasteiger partial charge in [-0.3, -0.25) is 9.59 Å². The largest absolute Gasteiger partial charge is 0.455 e. The Bertz CT molecular complexity index is 872. The molecule has 0 fully saturated rings. The van der Waals surface area contributed by atoms with Crippen LogP contribution in [0.1, 0.15) is 20.7 Å². The summed E-state index contributed by atoms with van der Waals surface area (Å²) in [6.07, 6.45) is 0. The summed E-state index contributed by atoms with van der Waals surface area (Å²) in [5.41, 5.74) is 2.31. The number of carbonyl (C=O) groups excluding carboxylic acids is 2. The van der Waals surface area contributed by atoms with Crippen LogP contribution in [0.5, 0.6) is 0 Å². The van der Waals surface area contributed by atoms with Gasteiger partial charge in [-0.15, -0.1) is 0 Å². The molecule has 1 aromatic heterocycles. The molecule has 21 heavy (non-hydrogen) atoms. The lowest BCUT2D eigenvalue weighted by Gasteiger charge is -2.12. The first-order chi connectivity index (χ1) is 10.3. The average Bonchev–Trinajstić information content (AvgIpc) is 2.99. The molecule has 0 saturated carbocycles. The van der Waals surface area contributed by atoms with Crippen molar-refractivity contribution in [1.82, 2.24) is 0 Å². The molecule has 4 rings (SSSR count). The number of benzene rings is 2. The van der Waals surface area contributed by atoms with E-state index in [-0.39, 0.29) is 0 Å². The van der Waals surface area contributed by atoms with E-state index in [0.717, 1.165) is 5.56 Å². The van der Waals surface area contributed by atoms with Gasteiger partial charge in [0.1, 0.15) is 11.5 Å². The van der Waals surface area contributed by atoms with Crippen molar-refractivity contribution in [3.8, 4) is 22.6 Å². The minimum Gasteiger partial charge on any atom is -0.455 e. The van der Waals surface area contributed by atoms with Crippen molar-refractivity contribution >= 4 is 11.6 Å². The maximum absolute atomic E-state index is 12.2. The van der Waals surface area contributed by atoms with E-state index in [1.54, 1.807) is 24.3 Å². The van der Waals surface area contributed by atoms with Crippen LogP contribution in [0.3, 0.4) is 0 Å². The third-order valence-electron chi connectivity index (χ3n) is 3.66. The van der Waals surface area contributed by atoms with Gasteiger partial charge in [0.15, 0.2) is 0 Å². The highest BCUT2D eigenvalue weighted by molar-refractivity contribution is 6.52. The molecule has 1 heterocycles. The lowest BCUT2D eigenvalue weighted by Crippen LogP contribution is -2.19. The smallest absolute Gasteiger partial charge is 0.237 e. The van der Waals surface area contributed by atoms with E-state index in [2.05, 4.69) is 0 Å². The van der Waals surface area contributed by atoms with E-state index in [9.17, 15) is 9.59 Å². The summed E-state index contributed by atoms with van der Waals surface area (Å²) in [6, 6.07) is 18.2. The standard InChI is InChI=1S/C18H10O3/c19-16-12-8-4-5-9-13(12)18-14(17(16)20)10-15(21-18)11-6-2-1-3-7-11/h1-10H. The van der Waals surface area contributed by atoms with Gasteiger partial charge < -0.3 is 4.42 Å². The van der Waals surface area contributed by atoms with Gasteiger partial charge in [-0.2, -0.15) is 0 Å². The third kappa shape index (κ3) is 1.68. The number of hydrogen-bond acceptors (Lipinski definition) is 3. The third-order valence-corrected chi connectivity index (χ3v) is 3.66. The number of furan rings is 1. The lowest BCUT2D eigenvalue weighted by molar-refractivity contribution is 0.0814. The first kappa shape index (κ1) is 11.9.